The summed E-state index contributed by atoms with van der Waals surface area (Å²) in [6.45, 7) is 2.17. The van der Waals surface area contributed by atoms with Gasteiger partial charge in [-0.3, -0.25) is 0 Å². The highest BCUT2D eigenvalue weighted by Crippen LogP contribution is 2.42. The largest absolute Gasteiger partial charge is 0.315 e. The van der Waals surface area contributed by atoms with Crippen LogP contribution >= 0.6 is 23.2 Å². The van der Waals surface area contributed by atoms with E-state index in [2.05, 4.69) is 16.4 Å². The van der Waals surface area contributed by atoms with E-state index in [-0.39, 0.29) is 0 Å². The van der Waals surface area contributed by atoms with Gasteiger partial charge in [-0.1, -0.05) is 29.3 Å². The lowest BCUT2D eigenvalue weighted by Gasteiger charge is -2.29. The fourth-order valence-corrected chi connectivity index (χ4v) is 2.61. The van der Waals surface area contributed by atoms with Crippen molar-refractivity contribution >= 4 is 28.8 Å². The maximum absolute atomic E-state index is 5.94. The van der Waals surface area contributed by atoms with Gasteiger partial charge in [-0.05, 0) is 23.1 Å². The Morgan fingerprint density at radius 1 is 1.33 bits per heavy atom. The number of fused-ring (bicyclic) bond motifs is 1. The van der Waals surface area contributed by atoms with Gasteiger partial charge in [-0.15, -0.1) is 0 Å². The van der Waals surface area contributed by atoms with Crippen LogP contribution in [-0.4, -0.2) is 18.1 Å². The molecule has 0 unspecified atom stereocenters. The number of hydrogen-bond acceptors (Lipinski definition) is 2. The van der Waals surface area contributed by atoms with E-state index < -0.39 is 0 Å². The Balaban J connectivity index is 1.94. The Morgan fingerprint density at radius 3 is 2.93 bits per heavy atom. The van der Waals surface area contributed by atoms with E-state index in [9.17, 15) is 0 Å². The molecule has 3 rings (SSSR count). The highest BCUT2D eigenvalue weighted by atomic mass is 35.5. The lowest BCUT2D eigenvalue weighted by Crippen LogP contribution is -2.22. The van der Waals surface area contributed by atoms with Crippen LogP contribution in [0.4, 0.5) is 0 Å². The van der Waals surface area contributed by atoms with Gasteiger partial charge in [0.05, 0.1) is 5.02 Å². The van der Waals surface area contributed by atoms with E-state index in [0.717, 1.165) is 18.7 Å². The van der Waals surface area contributed by atoms with Gasteiger partial charge >= 0.3 is 0 Å². The fourth-order valence-electron chi connectivity index (χ4n) is 2.34. The van der Waals surface area contributed by atoms with Crippen molar-refractivity contribution < 1.29 is 0 Å². The van der Waals surface area contributed by atoms with E-state index in [4.69, 9.17) is 23.2 Å². The van der Waals surface area contributed by atoms with Gasteiger partial charge in [0, 0.05) is 25.2 Å². The van der Waals surface area contributed by atoms with Crippen molar-refractivity contribution in [1.29, 1.82) is 0 Å². The van der Waals surface area contributed by atoms with Crippen molar-refractivity contribution in [1.82, 2.24) is 10.3 Å². The minimum Gasteiger partial charge on any atom is -0.315 e. The summed E-state index contributed by atoms with van der Waals surface area (Å²) in [5, 5.41) is 4.29. The second-order valence-electron chi connectivity index (χ2n) is 4.05. The smallest absolute Gasteiger partial charge is 0.147 e. The van der Waals surface area contributed by atoms with Gasteiger partial charge in [0.25, 0.3) is 0 Å². The predicted molar refractivity (Wildman–Crippen MR) is 62.1 cm³/mol. The molecule has 4 heteroatoms. The van der Waals surface area contributed by atoms with Crippen molar-refractivity contribution in [3.63, 3.8) is 0 Å². The predicted octanol–water partition coefficient (Wildman–Crippen LogP) is 2.62. The highest BCUT2D eigenvalue weighted by molar-refractivity contribution is 6.41. The molecule has 1 saturated heterocycles. The number of nitrogens with zero attached hydrogens (tertiary/aromatic N) is 1. The van der Waals surface area contributed by atoms with E-state index in [0.29, 0.717) is 22.0 Å². The van der Waals surface area contributed by atoms with Crippen molar-refractivity contribution in [2.24, 2.45) is 11.8 Å². The van der Waals surface area contributed by atoms with Crippen LogP contribution in [0.15, 0.2) is 18.3 Å². The summed E-state index contributed by atoms with van der Waals surface area (Å²) in [7, 11) is 0. The van der Waals surface area contributed by atoms with Gasteiger partial charge in [0.15, 0.2) is 0 Å². The van der Waals surface area contributed by atoms with Gasteiger partial charge in [0.1, 0.15) is 5.15 Å². The van der Waals surface area contributed by atoms with Crippen molar-refractivity contribution in [2.75, 3.05) is 13.1 Å². The van der Waals surface area contributed by atoms with Crippen molar-refractivity contribution in [3.05, 3.63) is 34.1 Å². The third-order valence-electron chi connectivity index (χ3n) is 3.18. The molecule has 2 nitrogen and oxygen atoms in total. The first kappa shape index (κ1) is 9.64. The van der Waals surface area contributed by atoms with Crippen LogP contribution in [0.5, 0.6) is 0 Å². The molecule has 0 radical (unpaired) electrons. The van der Waals surface area contributed by atoms with Crippen LogP contribution in [0.1, 0.15) is 5.56 Å². The molecule has 1 N–H and O–H groups in total. The molecule has 0 aromatic carbocycles. The normalized spacial score (nSPS) is 28.3. The second-order valence-corrected chi connectivity index (χ2v) is 4.81. The molecule has 2 aliphatic rings. The summed E-state index contributed by atoms with van der Waals surface area (Å²) in [5.41, 5.74) is 2.46. The molecule has 15 heavy (non-hydrogen) atoms. The third-order valence-corrected chi connectivity index (χ3v) is 3.87. The van der Waals surface area contributed by atoms with Gasteiger partial charge in [-0.25, -0.2) is 4.98 Å². The molecule has 0 amide bonds. The third kappa shape index (κ3) is 1.48. The van der Waals surface area contributed by atoms with Crippen molar-refractivity contribution in [3.8, 4) is 0 Å². The molecule has 78 valence electrons. The Labute approximate surface area is 98.3 Å². The topological polar surface area (TPSA) is 24.9 Å². The number of rotatable bonds is 1. The van der Waals surface area contributed by atoms with Crippen LogP contribution in [0.25, 0.3) is 5.57 Å². The molecule has 1 aromatic rings. The lowest BCUT2D eigenvalue weighted by atomic mass is 9.74. The zero-order valence-electron chi connectivity index (χ0n) is 8.00. The van der Waals surface area contributed by atoms with Crippen LogP contribution in [0.3, 0.4) is 0 Å². The molecule has 1 aliphatic heterocycles. The first-order chi connectivity index (χ1) is 7.25. The Kier molecular flexibility index (Phi) is 2.23. The van der Waals surface area contributed by atoms with E-state index in [1.807, 2.05) is 6.07 Å². The zero-order valence-corrected chi connectivity index (χ0v) is 9.52. The average Bonchev–Trinajstić information content (AvgIpc) is 2.54. The molecule has 2 heterocycles. The maximum Gasteiger partial charge on any atom is 0.147 e. The highest BCUT2D eigenvalue weighted by Gasteiger charge is 2.36. The number of hydrogen-bond donors (Lipinski definition) is 1. The molecule has 1 aromatic heterocycles. The molecule has 1 fully saturated rings. The zero-order chi connectivity index (χ0) is 10.4. The Morgan fingerprint density at radius 2 is 2.20 bits per heavy atom. The monoisotopic (exact) mass is 240 g/mol. The first-order valence-electron chi connectivity index (χ1n) is 4.99. The minimum atomic E-state index is 0.376. The minimum absolute atomic E-state index is 0.376. The van der Waals surface area contributed by atoms with E-state index in [1.54, 1.807) is 6.20 Å². The summed E-state index contributed by atoms with van der Waals surface area (Å²) in [4.78, 5) is 4.07. The molecule has 2 atom stereocenters. The average molecular weight is 241 g/mol. The Hall–Kier alpha value is -0.570. The van der Waals surface area contributed by atoms with Crippen LogP contribution in [0, 0.1) is 11.8 Å². The number of aromatic nitrogens is 1. The summed E-state index contributed by atoms with van der Waals surface area (Å²) < 4.78 is 0. The summed E-state index contributed by atoms with van der Waals surface area (Å²) in [5.74, 6) is 1.35. The SMILES string of the molecule is Clc1cc(C2=C[C@@H]3CNC[C@H]23)cnc1Cl. The van der Waals surface area contributed by atoms with Gasteiger partial charge in [0.2, 0.25) is 0 Å². The molecule has 0 bridgehead atoms. The first-order valence-corrected chi connectivity index (χ1v) is 5.75. The summed E-state index contributed by atoms with van der Waals surface area (Å²) in [6, 6.07) is 1.90. The van der Waals surface area contributed by atoms with Crippen molar-refractivity contribution in [2.45, 2.75) is 0 Å². The fraction of sp³-hybridized carbons (Fsp3) is 0.364. The van der Waals surface area contributed by atoms with Crippen LogP contribution < -0.4 is 5.32 Å². The summed E-state index contributed by atoms with van der Waals surface area (Å²) >= 11 is 11.7. The van der Waals surface area contributed by atoms with Crippen LogP contribution in [-0.2, 0) is 0 Å². The molecular formula is C11H10Cl2N2. The standard InChI is InChI=1S/C11H10Cl2N2/c12-10-2-7(4-15-11(10)13)8-1-6-3-14-5-9(6)8/h1-2,4,6,9,14H,3,5H2/t6-,9+/m1/s1. The quantitative estimate of drug-likeness (QED) is 0.764. The van der Waals surface area contributed by atoms with Crippen LogP contribution in [0.2, 0.25) is 10.2 Å². The van der Waals surface area contributed by atoms with E-state index >= 15 is 0 Å². The lowest BCUT2D eigenvalue weighted by molar-refractivity contribution is 0.564. The summed E-state index contributed by atoms with van der Waals surface area (Å²) in [6.07, 6.45) is 4.10. The number of halogens is 2. The Bertz CT molecular complexity index is 442. The van der Waals surface area contributed by atoms with Gasteiger partial charge < -0.3 is 5.32 Å². The number of nitrogens with one attached hydrogen (secondary N) is 1. The number of pyridine rings is 1. The molecule has 0 saturated carbocycles. The van der Waals surface area contributed by atoms with Gasteiger partial charge in [-0.2, -0.15) is 0 Å². The second kappa shape index (κ2) is 3.48. The van der Waals surface area contributed by atoms with E-state index in [1.165, 1.54) is 5.57 Å². The maximum atomic E-state index is 5.94. The molecule has 1 aliphatic carbocycles. The molecular weight excluding hydrogens is 231 g/mol. The molecule has 0 spiro atoms.